The van der Waals surface area contributed by atoms with E-state index in [0.717, 1.165) is 11.0 Å². The van der Waals surface area contributed by atoms with Crippen LogP contribution in [-0.2, 0) is 30.1 Å². The minimum Gasteiger partial charge on any atom is -0.461 e. The Balaban J connectivity index is 1.25. The van der Waals surface area contributed by atoms with Gasteiger partial charge in [0.15, 0.2) is 5.71 Å². The Morgan fingerprint density at radius 2 is 1.97 bits per heavy atom. The molecule has 3 fully saturated rings. The molecule has 2 amide bonds. The molecule has 0 radical (unpaired) electrons. The number of nitrogens with one attached hydrogen (secondary N) is 1. The van der Waals surface area contributed by atoms with Crippen molar-refractivity contribution in [1.29, 1.82) is 0 Å². The zero-order chi connectivity index (χ0) is 24.4. The van der Waals surface area contributed by atoms with Crippen molar-refractivity contribution in [3.63, 3.8) is 0 Å². The number of imide groups is 1. The highest BCUT2D eigenvalue weighted by Crippen LogP contribution is 2.61. The lowest BCUT2D eigenvalue weighted by atomic mass is 9.72. The Morgan fingerprint density at radius 1 is 1.26 bits per heavy atom. The maximum Gasteiger partial charge on any atom is 0.417 e. The molecule has 2 bridgehead atoms. The van der Waals surface area contributed by atoms with Gasteiger partial charge in [-0.1, -0.05) is 16.8 Å². The number of pyridine rings is 1. The molecule has 4 aliphatic rings. The molecule has 182 valence electrons. The van der Waals surface area contributed by atoms with Gasteiger partial charge in [0.05, 0.1) is 34.9 Å². The van der Waals surface area contributed by atoms with Crippen LogP contribution in [0.3, 0.4) is 0 Å². The number of rotatable bonds is 6. The lowest BCUT2D eigenvalue weighted by Crippen LogP contribution is -2.42. The quantitative estimate of drug-likeness (QED) is 0.471. The van der Waals surface area contributed by atoms with Gasteiger partial charge in [0, 0.05) is 25.2 Å². The third-order valence-corrected chi connectivity index (χ3v) is 7.35. The lowest BCUT2D eigenvalue weighted by Gasteiger charge is -2.29. The van der Waals surface area contributed by atoms with E-state index in [2.05, 4.69) is 15.5 Å². The molecule has 3 heterocycles. The predicted molar refractivity (Wildman–Crippen MR) is 110 cm³/mol. The third kappa shape index (κ3) is 3.41. The van der Waals surface area contributed by atoms with Crippen LogP contribution in [0, 0.1) is 29.6 Å². The summed E-state index contributed by atoms with van der Waals surface area (Å²) in [6.45, 7) is 1.92. The minimum atomic E-state index is -4.57. The second-order valence-electron chi connectivity index (χ2n) is 8.71. The highest BCUT2D eigenvalue weighted by molar-refractivity contribution is 6.38. The van der Waals surface area contributed by atoms with Crippen molar-refractivity contribution < 1.29 is 37.1 Å². The van der Waals surface area contributed by atoms with E-state index < -0.39 is 35.6 Å². The van der Waals surface area contributed by atoms with Crippen LogP contribution in [0.4, 0.5) is 19.0 Å². The monoisotopic (exact) mass is 500 g/mol. The summed E-state index contributed by atoms with van der Waals surface area (Å²) in [5, 5.41) is 6.45. The van der Waals surface area contributed by atoms with E-state index in [0.29, 0.717) is 12.6 Å². The van der Waals surface area contributed by atoms with E-state index in [1.54, 1.807) is 6.92 Å². The summed E-state index contributed by atoms with van der Waals surface area (Å²) in [4.78, 5) is 48.8. The number of oxime groups is 1. The maximum absolute atomic E-state index is 13.2. The molecular formula is C21H20ClF3N4O5. The number of esters is 1. The first-order valence-corrected chi connectivity index (χ1v) is 11.2. The van der Waals surface area contributed by atoms with Crippen molar-refractivity contribution in [2.75, 3.05) is 25.0 Å². The molecule has 1 saturated heterocycles. The molecule has 1 N–H and O–H groups in total. The highest BCUT2D eigenvalue weighted by Gasteiger charge is 2.70. The van der Waals surface area contributed by atoms with Crippen LogP contribution < -0.4 is 5.32 Å². The van der Waals surface area contributed by atoms with Gasteiger partial charge in [-0.15, -0.1) is 0 Å². The largest absolute Gasteiger partial charge is 0.461 e. The summed E-state index contributed by atoms with van der Waals surface area (Å²) in [6.07, 6.45) is -3.75. The first-order chi connectivity index (χ1) is 16.1. The van der Waals surface area contributed by atoms with Crippen LogP contribution in [0.1, 0.15) is 18.9 Å². The van der Waals surface area contributed by atoms with Gasteiger partial charge in [-0.05, 0) is 25.3 Å². The average Bonchev–Trinajstić information content (AvgIpc) is 3.50. The molecule has 5 rings (SSSR count). The second kappa shape index (κ2) is 8.10. The number of carbonyl (C=O) groups excluding carboxylic acids is 3. The van der Waals surface area contributed by atoms with Gasteiger partial charge in [0.25, 0.3) is 0 Å². The SMILES string of the molecule is CCOC(=O)C1=NO[C@H]2[C@@H]3C[C@@H]([C@@H]12)[C@H]1C(=O)N(CCNc2ncc(C(F)(F)F)cc2Cl)C(=O)[C@H]31. The molecule has 2 aliphatic carbocycles. The summed E-state index contributed by atoms with van der Waals surface area (Å²) in [6, 6.07) is 0.757. The van der Waals surface area contributed by atoms with E-state index in [4.69, 9.17) is 21.2 Å². The number of fused-ring (bicyclic) bond motifs is 8. The first-order valence-electron chi connectivity index (χ1n) is 10.9. The summed E-state index contributed by atoms with van der Waals surface area (Å²) < 4.78 is 43.4. The van der Waals surface area contributed by atoms with E-state index in [1.165, 1.54) is 0 Å². The van der Waals surface area contributed by atoms with Gasteiger partial charge < -0.3 is 14.9 Å². The molecule has 0 unspecified atom stereocenters. The Kier molecular flexibility index (Phi) is 5.45. The number of anilines is 1. The summed E-state index contributed by atoms with van der Waals surface area (Å²) in [5.74, 6) is -3.15. The van der Waals surface area contributed by atoms with Crippen LogP contribution in [-0.4, -0.2) is 59.2 Å². The van der Waals surface area contributed by atoms with Gasteiger partial charge in [0.2, 0.25) is 11.8 Å². The van der Waals surface area contributed by atoms with Gasteiger partial charge in [0.1, 0.15) is 11.9 Å². The average molecular weight is 501 g/mol. The van der Waals surface area contributed by atoms with Crippen LogP contribution in [0.5, 0.6) is 0 Å². The lowest BCUT2D eigenvalue weighted by molar-refractivity contribution is -0.141. The van der Waals surface area contributed by atoms with Crippen molar-refractivity contribution in [2.24, 2.45) is 34.7 Å². The Labute approximate surface area is 196 Å². The molecule has 1 aromatic heterocycles. The van der Waals surface area contributed by atoms with Crippen LogP contribution in [0.25, 0.3) is 0 Å². The Morgan fingerprint density at radius 3 is 2.62 bits per heavy atom. The van der Waals surface area contributed by atoms with E-state index in [1.807, 2.05) is 0 Å². The van der Waals surface area contributed by atoms with Crippen molar-refractivity contribution in [3.05, 3.63) is 22.8 Å². The fraction of sp³-hybridized carbons (Fsp3) is 0.571. The number of hydrogen-bond acceptors (Lipinski definition) is 8. The van der Waals surface area contributed by atoms with E-state index >= 15 is 0 Å². The minimum absolute atomic E-state index is 0.00183. The van der Waals surface area contributed by atoms with Crippen LogP contribution >= 0.6 is 11.6 Å². The number of likely N-dealkylation sites (tertiary alicyclic amines) is 1. The van der Waals surface area contributed by atoms with Crippen molar-refractivity contribution in [1.82, 2.24) is 9.88 Å². The van der Waals surface area contributed by atoms with Crippen LogP contribution in [0.15, 0.2) is 17.4 Å². The molecule has 2 aliphatic heterocycles. The summed E-state index contributed by atoms with van der Waals surface area (Å²) in [7, 11) is 0. The smallest absolute Gasteiger partial charge is 0.417 e. The molecule has 1 aromatic rings. The summed E-state index contributed by atoms with van der Waals surface area (Å²) >= 11 is 5.89. The molecule has 9 nitrogen and oxygen atoms in total. The zero-order valence-corrected chi connectivity index (χ0v) is 18.6. The number of carbonyl (C=O) groups is 3. The van der Waals surface area contributed by atoms with Gasteiger partial charge >= 0.3 is 12.1 Å². The zero-order valence-electron chi connectivity index (χ0n) is 17.8. The highest BCUT2D eigenvalue weighted by atomic mass is 35.5. The molecular weight excluding hydrogens is 481 g/mol. The second-order valence-corrected chi connectivity index (χ2v) is 9.12. The number of hydrogen-bond donors (Lipinski definition) is 1. The topological polar surface area (TPSA) is 110 Å². The third-order valence-electron chi connectivity index (χ3n) is 7.06. The van der Waals surface area contributed by atoms with E-state index in [9.17, 15) is 27.6 Å². The standard InChI is InChI=1S/C21H20ClF3N4O5/c1-2-33-20(32)15-14-9-6-10(16(14)34-28-15)13-12(9)18(30)29(19(13)31)4-3-26-17-11(22)5-8(7-27-17)21(23,24)25/h5,7,9-10,12-14,16H,2-4,6H2,1H3,(H,26,27)/t9-,10-,12-,13-,14+,16+/m1/s1. The molecule has 0 spiro atoms. The number of ether oxygens (including phenoxy) is 1. The molecule has 13 heteroatoms. The maximum atomic E-state index is 13.2. The van der Waals surface area contributed by atoms with Crippen LogP contribution in [0.2, 0.25) is 5.02 Å². The molecule has 34 heavy (non-hydrogen) atoms. The van der Waals surface area contributed by atoms with Gasteiger partial charge in [-0.2, -0.15) is 13.2 Å². The number of aromatic nitrogens is 1. The number of halogens is 4. The van der Waals surface area contributed by atoms with Gasteiger partial charge in [-0.3, -0.25) is 14.5 Å². The van der Waals surface area contributed by atoms with Crippen molar-refractivity contribution in [3.8, 4) is 0 Å². The normalized spacial score (nSPS) is 31.3. The number of nitrogens with zero attached hydrogens (tertiary/aromatic N) is 3. The molecule has 6 atom stereocenters. The molecule has 0 aromatic carbocycles. The Bertz CT molecular complexity index is 1100. The van der Waals surface area contributed by atoms with Crippen molar-refractivity contribution >= 4 is 40.9 Å². The summed E-state index contributed by atoms with van der Waals surface area (Å²) in [5.41, 5.74) is -0.809. The number of amides is 2. The fourth-order valence-corrected chi connectivity index (χ4v) is 6.02. The van der Waals surface area contributed by atoms with E-state index in [-0.39, 0.29) is 65.8 Å². The number of alkyl halides is 3. The fourth-order valence-electron chi connectivity index (χ4n) is 5.79. The predicted octanol–water partition coefficient (Wildman–Crippen LogP) is 2.35. The first kappa shape index (κ1) is 22.9. The molecule has 2 saturated carbocycles. The van der Waals surface area contributed by atoms with Gasteiger partial charge in [-0.25, -0.2) is 9.78 Å². The van der Waals surface area contributed by atoms with Crippen molar-refractivity contribution in [2.45, 2.75) is 25.6 Å². The Hall–Kier alpha value is -2.89.